The van der Waals surface area contributed by atoms with Crippen LogP contribution in [0.1, 0.15) is 50.7 Å². The van der Waals surface area contributed by atoms with Gasteiger partial charge in [-0.25, -0.2) is 17.6 Å². The van der Waals surface area contributed by atoms with E-state index in [4.69, 9.17) is 0 Å². The van der Waals surface area contributed by atoms with Crippen molar-refractivity contribution >= 4 is 221 Å². The Hall–Kier alpha value is -15.9. The second-order valence-corrected chi connectivity index (χ2v) is 34.0. The van der Waals surface area contributed by atoms with Crippen LogP contribution in [0.15, 0.2) is 376 Å². The fraction of sp³-hybridized carbons (Fsp3) is 0.0526. The Bertz CT molecular complexity index is 8290. The van der Waals surface area contributed by atoms with Crippen LogP contribution in [0.3, 0.4) is 0 Å². The SMILES string of the molecule is CC(C)c1ccc(N(c2ccc(F)cc2)c2cccc3c2c2cccc4c5cc6c(cc5n3c42)c2cccc3c4c(N(c5ccc(F)cc5)c5ccc(C(C)C)cc5)cccc4n6c23)cc1.Fc1ccc(N(c2ccccc2)c2cccc3c2c2cccc4c5cc6c(cc5n3c42)c2cccc3c4c(N(c5ccccc5)c5ccc(F)cc5)cccc4n6c23)cc1. The molecule has 0 saturated heterocycles. The van der Waals surface area contributed by atoms with Crippen LogP contribution in [0.2, 0.25) is 0 Å². The molecule has 26 rings (SSSR count). The van der Waals surface area contributed by atoms with Gasteiger partial charge in [0.15, 0.2) is 0 Å². The second kappa shape index (κ2) is 27.8. The molecule has 126 heavy (non-hydrogen) atoms. The number of hydrogen-bond acceptors (Lipinski definition) is 4. The molecule has 8 aromatic heterocycles. The largest absolute Gasteiger partial charge is 0.310 e. The summed E-state index contributed by atoms with van der Waals surface area (Å²) in [4.78, 5) is 8.98. The summed E-state index contributed by atoms with van der Waals surface area (Å²) in [6, 6.07) is 128. The van der Waals surface area contributed by atoms with Crippen molar-refractivity contribution < 1.29 is 17.6 Å². The van der Waals surface area contributed by atoms with E-state index in [1.165, 1.54) is 111 Å². The van der Waals surface area contributed by atoms with Crippen LogP contribution in [0.25, 0.3) is 152 Å². The molecular weight excluding hydrogens is 1560 g/mol. The molecule has 600 valence electrons. The van der Waals surface area contributed by atoms with Gasteiger partial charge in [0.2, 0.25) is 0 Å². The maximum Gasteiger partial charge on any atom is 0.123 e. The van der Waals surface area contributed by atoms with Crippen molar-refractivity contribution in [2.75, 3.05) is 19.6 Å². The third-order valence-corrected chi connectivity index (χ3v) is 26.5. The maximum atomic E-state index is 14.4. The van der Waals surface area contributed by atoms with Gasteiger partial charge in [-0.15, -0.1) is 0 Å². The van der Waals surface area contributed by atoms with E-state index in [1.54, 1.807) is 24.3 Å². The van der Waals surface area contributed by atoms with Gasteiger partial charge in [0.1, 0.15) is 23.3 Å². The first-order valence-corrected chi connectivity index (χ1v) is 43.0. The van der Waals surface area contributed by atoms with Gasteiger partial charge in [-0.2, -0.15) is 0 Å². The summed E-state index contributed by atoms with van der Waals surface area (Å²) in [5.74, 6) is -0.246. The second-order valence-electron chi connectivity index (χ2n) is 34.0. The van der Waals surface area contributed by atoms with Crippen LogP contribution in [0.5, 0.6) is 0 Å². The van der Waals surface area contributed by atoms with Crippen molar-refractivity contribution in [3.8, 4) is 0 Å². The first-order chi connectivity index (χ1) is 61.8. The molecule has 0 aliphatic heterocycles. The van der Waals surface area contributed by atoms with Gasteiger partial charge in [0, 0.05) is 132 Å². The minimum Gasteiger partial charge on any atom is -0.310 e. The van der Waals surface area contributed by atoms with E-state index in [0.29, 0.717) is 11.8 Å². The highest BCUT2D eigenvalue weighted by molar-refractivity contribution is 6.34. The summed E-state index contributed by atoms with van der Waals surface area (Å²) in [6.45, 7) is 8.84. The molecule has 8 nitrogen and oxygen atoms in total. The Morgan fingerprint density at radius 1 is 0.183 bits per heavy atom. The summed E-state index contributed by atoms with van der Waals surface area (Å²) >= 11 is 0. The van der Waals surface area contributed by atoms with E-state index in [9.17, 15) is 17.6 Å². The summed E-state index contributed by atoms with van der Waals surface area (Å²) in [5, 5.41) is 18.8. The molecule has 0 saturated carbocycles. The fourth-order valence-corrected chi connectivity index (χ4v) is 21.0. The molecule has 8 heterocycles. The lowest BCUT2D eigenvalue weighted by Gasteiger charge is -2.27. The van der Waals surface area contributed by atoms with Crippen LogP contribution < -0.4 is 19.6 Å². The van der Waals surface area contributed by atoms with Gasteiger partial charge in [0.05, 0.1) is 88.9 Å². The first kappa shape index (κ1) is 72.9. The molecule has 0 aliphatic carbocycles. The van der Waals surface area contributed by atoms with Crippen LogP contribution in [-0.4, -0.2) is 17.6 Å². The topological polar surface area (TPSA) is 30.6 Å². The van der Waals surface area contributed by atoms with Gasteiger partial charge < -0.3 is 37.2 Å². The standard InChI is InChI=1S/C60H44F2N4.C54H32F2N4/c1-35(2)37-17-25-41(26-18-37)63(43-29-21-39(61)22-30-43)51-13-7-15-53-57(51)47-11-5-9-45-49-34-56-50(33-55(49)65(53)59(45)47)46-10-6-12-48-58-52(14-8-16-54(58)66(56)60(46)48)64(44-31-23-40(62)24-32-44)42-27-19-38(20-28-42)36(3)4;55-33-23-27-37(28-24-33)57(35-11-3-1-4-12-35)45-19-9-21-47-51(45)41-17-7-15-39-43-32-50-44(31-49(43)59(47)53(39)41)40-16-8-18-42-52-46(20-10-22-48(52)60(50)54(40)42)58(36-13-5-2-6-14-36)38-29-25-34(56)26-30-38/h5-36H,1-4H3;1-32H. The number of benzene rings is 18. The van der Waals surface area contributed by atoms with Crippen molar-refractivity contribution in [3.63, 3.8) is 0 Å². The van der Waals surface area contributed by atoms with E-state index >= 15 is 0 Å². The normalized spacial score (nSPS) is 12.3. The molecule has 12 heteroatoms. The van der Waals surface area contributed by atoms with Crippen molar-refractivity contribution in [1.82, 2.24) is 17.6 Å². The number of hydrogen-bond donors (Lipinski definition) is 0. The van der Waals surface area contributed by atoms with Gasteiger partial charge in [0.25, 0.3) is 0 Å². The van der Waals surface area contributed by atoms with Gasteiger partial charge in [-0.05, 0) is 241 Å². The summed E-state index contributed by atoms with van der Waals surface area (Å²) < 4.78 is 67.2. The lowest BCUT2D eigenvalue weighted by Crippen LogP contribution is -2.10. The predicted octanol–water partition coefficient (Wildman–Crippen LogP) is 32.7. The van der Waals surface area contributed by atoms with E-state index in [2.05, 4.69) is 308 Å². The fourth-order valence-electron chi connectivity index (χ4n) is 21.0. The summed E-state index contributed by atoms with van der Waals surface area (Å²) in [6.07, 6.45) is 0. The molecule has 0 fully saturated rings. The molecular formula is C114H76F4N8. The number of halogens is 4. The zero-order valence-corrected chi connectivity index (χ0v) is 69.0. The number of rotatable bonds is 14. The molecule has 0 atom stereocenters. The Balaban J connectivity index is 0.000000138. The Morgan fingerprint density at radius 3 is 0.603 bits per heavy atom. The lowest BCUT2D eigenvalue weighted by atomic mass is 10.0. The van der Waals surface area contributed by atoms with E-state index in [0.717, 1.165) is 145 Å². The van der Waals surface area contributed by atoms with Crippen molar-refractivity contribution in [1.29, 1.82) is 0 Å². The highest BCUT2D eigenvalue weighted by atomic mass is 19.1. The average molecular weight is 1630 g/mol. The highest BCUT2D eigenvalue weighted by Gasteiger charge is 2.31. The molecule has 0 amide bonds. The predicted molar refractivity (Wildman–Crippen MR) is 518 cm³/mol. The van der Waals surface area contributed by atoms with E-state index < -0.39 is 0 Å². The minimum atomic E-state index is -0.264. The first-order valence-electron chi connectivity index (χ1n) is 43.0. The monoisotopic (exact) mass is 1630 g/mol. The van der Waals surface area contributed by atoms with E-state index in [-0.39, 0.29) is 23.3 Å². The zero-order chi connectivity index (χ0) is 84.2. The Morgan fingerprint density at radius 2 is 0.381 bits per heavy atom. The third kappa shape index (κ3) is 10.7. The van der Waals surface area contributed by atoms with Crippen LogP contribution in [0, 0.1) is 23.3 Å². The molecule has 0 unspecified atom stereocenters. The lowest BCUT2D eigenvalue weighted by molar-refractivity contribution is 0.627. The number of anilines is 12. The van der Waals surface area contributed by atoms with Gasteiger partial charge >= 0.3 is 0 Å². The Kier molecular flexibility index (Phi) is 16.1. The van der Waals surface area contributed by atoms with Crippen molar-refractivity contribution in [2.24, 2.45) is 0 Å². The smallest absolute Gasteiger partial charge is 0.123 e. The van der Waals surface area contributed by atoms with Crippen LogP contribution >= 0.6 is 0 Å². The minimum absolute atomic E-state index is 0.262. The molecule has 0 bridgehead atoms. The van der Waals surface area contributed by atoms with Gasteiger partial charge in [-0.3, -0.25) is 0 Å². The van der Waals surface area contributed by atoms with Crippen LogP contribution in [0.4, 0.5) is 85.8 Å². The molecule has 0 radical (unpaired) electrons. The molecule has 26 aromatic rings. The number of nitrogens with zero attached hydrogens (tertiary/aromatic N) is 8. The molecule has 0 spiro atoms. The summed E-state index contributed by atoms with van der Waals surface area (Å²) in [7, 11) is 0. The third-order valence-electron chi connectivity index (χ3n) is 26.5. The van der Waals surface area contributed by atoms with Gasteiger partial charge in [-0.1, -0.05) is 185 Å². The molecule has 0 aliphatic rings. The van der Waals surface area contributed by atoms with Crippen molar-refractivity contribution in [3.05, 3.63) is 411 Å². The highest BCUT2D eigenvalue weighted by Crippen LogP contribution is 2.54. The summed E-state index contributed by atoms with van der Waals surface area (Å²) in [5.41, 5.74) is 28.1. The van der Waals surface area contributed by atoms with E-state index in [1.807, 2.05) is 84.9 Å². The zero-order valence-electron chi connectivity index (χ0n) is 69.0. The molecule has 18 aromatic carbocycles. The molecule has 0 N–H and O–H groups in total. The number of fused-ring (bicyclic) bond motifs is 24. The Labute approximate surface area is 720 Å². The van der Waals surface area contributed by atoms with Crippen LogP contribution in [-0.2, 0) is 0 Å². The quantitative estimate of drug-likeness (QED) is 0.102. The van der Waals surface area contributed by atoms with Crippen molar-refractivity contribution in [2.45, 2.75) is 39.5 Å². The average Bonchev–Trinajstić information content (AvgIpc) is 1.52. The number of para-hydroxylation sites is 6. The number of aromatic nitrogens is 4. The maximum absolute atomic E-state index is 14.4.